The standard InChI is InChI=1S/C34H31ClN4O5.C7H4Cl2O/c1-3-44-31-21-25(12-19-30(31)43-2)29-5-4-20-39(38-29)34(42)24-10-17-28(18-11-24)37-33(41)23-8-15-27(16-9-23)36-32(40)22-6-13-26(35)14-7-22;8-6-3-1-5(2-4-6)7(9)10/h6-19,21H,3-5,20H2,1-2H3,(H,36,40)(H,37,41);1-4H. The number of nitrogens with zero attached hydrogens (tertiary/aromatic N) is 2. The van der Waals surface area contributed by atoms with Crippen molar-refractivity contribution < 1.29 is 28.7 Å². The number of nitrogens with one attached hydrogen (secondary N) is 2. The van der Waals surface area contributed by atoms with Crippen molar-refractivity contribution in [1.82, 2.24) is 5.01 Å². The van der Waals surface area contributed by atoms with Crippen molar-refractivity contribution in [3.8, 4) is 11.5 Å². The van der Waals surface area contributed by atoms with Crippen LogP contribution in [0.25, 0.3) is 0 Å². The second-order valence-electron chi connectivity index (χ2n) is 11.7. The molecule has 0 saturated heterocycles. The predicted molar refractivity (Wildman–Crippen MR) is 213 cm³/mol. The minimum absolute atomic E-state index is 0.227. The van der Waals surface area contributed by atoms with Crippen LogP contribution in [0.15, 0.2) is 120 Å². The molecule has 0 bridgehead atoms. The Morgan fingerprint density at radius 3 is 1.69 bits per heavy atom. The summed E-state index contributed by atoms with van der Waals surface area (Å²) in [5.41, 5.74) is 4.57. The van der Waals surface area contributed by atoms with Gasteiger partial charge in [0.1, 0.15) is 0 Å². The number of amides is 3. The van der Waals surface area contributed by atoms with Gasteiger partial charge in [-0.1, -0.05) is 23.2 Å². The normalized spacial score (nSPS) is 12.0. The first-order chi connectivity index (χ1) is 26.0. The number of hydrogen-bond acceptors (Lipinski definition) is 7. The highest BCUT2D eigenvalue weighted by Gasteiger charge is 2.22. The number of hydrogen-bond donors (Lipinski definition) is 2. The van der Waals surface area contributed by atoms with Gasteiger partial charge < -0.3 is 20.1 Å². The van der Waals surface area contributed by atoms with E-state index in [0.29, 0.717) is 68.3 Å². The number of rotatable bonds is 10. The maximum Gasteiger partial charge on any atom is 0.273 e. The van der Waals surface area contributed by atoms with E-state index in [1.807, 2.05) is 25.1 Å². The fraction of sp³-hybridized carbons (Fsp3) is 0.146. The summed E-state index contributed by atoms with van der Waals surface area (Å²) in [7, 11) is 1.59. The zero-order valence-corrected chi connectivity index (χ0v) is 31.5. The van der Waals surface area contributed by atoms with Gasteiger partial charge in [-0.25, -0.2) is 5.01 Å². The van der Waals surface area contributed by atoms with Gasteiger partial charge in [0.2, 0.25) is 0 Å². The number of hydrazone groups is 1. The number of benzene rings is 5. The van der Waals surface area contributed by atoms with Crippen LogP contribution in [0.1, 0.15) is 66.8 Å². The molecule has 1 aliphatic rings. The third kappa shape index (κ3) is 10.7. The van der Waals surface area contributed by atoms with Crippen LogP contribution in [-0.2, 0) is 0 Å². The lowest BCUT2D eigenvalue weighted by atomic mass is 10.0. The Balaban J connectivity index is 0.000000486. The Hall–Kier alpha value is -5.68. The largest absolute Gasteiger partial charge is 0.493 e. The van der Waals surface area contributed by atoms with Crippen molar-refractivity contribution in [2.24, 2.45) is 5.10 Å². The highest BCUT2D eigenvalue weighted by molar-refractivity contribution is 6.67. The molecular formula is C41H35Cl3N4O6. The molecule has 0 aliphatic carbocycles. The summed E-state index contributed by atoms with van der Waals surface area (Å²) in [5.74, 6) is 0.443. The van der Waals surface area contributed by atoms with Crippen molar-refractivity contribution in [2.75, 3.05) is 30.9 Å². The van der Waals surface area contributed by atoms with E-state index in [1.54, 1.807) is 104 Å². The molecule has 1 aliphatic heterocycles. The molecule has 10 nitrogen and oxygen atoms in total. The molecule has 54 heavy (non-hydrogen) atoms. The van der Waals surface area contributed by atoms with Gasteiger partial charge in [-0.2, -0.15) is 5.10 Å². The summed E-state index contributed by atoms with van der Waals surface area (Å²) < 4.78 is 11.1. The second-order valence-corrected chi connectivity index (χ2v) is 12.9. The second kappa shape index (κ2) is 18.9. The van der Waals surface area contributed by atoms with Crippen molar-refractivity contribution in [1.29, 1.82) is 0 Å². The number of carbonyl (C=O) groups excluding carboxylic acids is 4. The zero-order chi connectivity index (χ0) is 38.6. The van der Waals surface area contributed by atoms with E-state index in [2.05, 4.69) is 15.7 Å². The summed E-state index contributed by atoms with van der Waals surface area (Å²) in [4.78, 5) is 49.0. The quantitative estimate of drug-likeness (QED) is 0.136. The lowest BCUT2D eigenvalue weighted by Gasteiger charge is -2.24. The molecule has 3 amide bonds. The van der Waals surface area contributed by atoms with Gasteiger partial charge in [-0.15, -0.1) is 0 Å². The van der Waals surface area contributed by atoms with Crippen molar-refractivity contribution >= 4 is 74.9 Å². The minimum Gasteiger partial charge on any atom is -0.493 e. The number of carbonyl (C=O) groups is 4. The Labute approximate surface area is 327 Å². The molecule has 0 radical (unpaired) electrons. The van der Waals surface area contributed by atoms with E-state index in [-0.39, 0.29) is 17.7 Å². The van der Waals surface area contributed by atoms with Gasteiger partial charge in [-0.05, 0) is 147 Å². The molecule has 0 spiro atoms. The Bertz CT molecular complexity index is 2140. The van der Waals surface area contributed by atoms with E-state index in [1.165, 1.54) is 5.01 Å². The summed E-state index contributed by atoms with van der Waals surface area (Å²) in [5, 5.41) is 12.4. The smallest absolute Gasteiger partial charge is 0.273 e. The Kier molecular flexibility index (Phi) is 13.8. The van der Waals surface area contributed by atoms with Crippen LogP contribution in [0.3, 0.4) is 0 Å². The number of methoxy groups -OCH3 is 1. The predicted octanol–water partition coefficient (Wildman–Crippen LogP) is 9.61. The van der Waals surface area contributed by atoms with Gasteiger partial charge in [0, 0.05) is 55.8 Å². The maximum absolute atomic E-state index is 13.3. The van der Waals surface area contributed by atoms with Gasteiger partial charge >= 0.3 is 0 Å². The third-order valence-electron chi connectivity index (χ3n) is 8.03. The van der Waals surface area contributed by atoms with Gasteiger partial charge in [-0.3, -0.25) is 19.2 Å². The molecule has 6 rings (SSSR count). The minimum atomic E-state index is -0.461. The topological polar surface area (TPSA) is 126 Å². The van der Waals surface area contributed by atoms with Crippen molar-refractivity contribution in [3.63, 3.8) is 0 Å². The molecular weight excluding hydrogens is 751 g/mol. The van der Waals surface area contributed by atoms with E-state index in [9.17, 15) is 19.2 Å². The van der Waals surface area contributed by atoms with Gasteiger partial charge in [0.05, 0.1) is 19.4 Å². The van der Waals surface area contributed by atoms with Crippen molar-refractivity contribution in [2.45, 2.75) is 19.8 Å². The van der Waals surface area contributed by atoms with Gasteiger partial charge in [0.25, 0.3) is 23.0 Å². The Morgan fingerprint density at radius 2 is 1.19 bits per heavy atom. The SMILES string of the molecule is CCOc1cc(C2=NN(C(=O)c3ccc(NC(=O)c4ccc(NC(=O)c5ccc(Cl)cc5)cc4)cc3)CCC2)ccc1OC.O=C(Cl)c1ccc(Cl)cc1. The first kappa shape index (κ1) is 39.5. The lowest BCUT2D eigenvalue weighted by Crippen LogP contribution is -2.32. The first-order valence-corrected chi connectivity index (χ1v) is 17.9. The first-order valence-electron chi connectivity index (χ1n) is 16.8. The molecule has 13 heteroatoms. The lowest BCUT2D eigenvalue weighted by molar-refractivity contribution is 0.0751. The fourth-order valence-electron chi connectivity index (χ4n) is 5.25. The van der Waals surface area contributed by atoms with E-state index >= 15 is 0 Å². The average Bonchev–Trinajstić information content (AvgIpc) is 3.19. The summed E-state index contributed by atoms with van der Waals surface area (Å²) in [6.45, 7) is 2.92. The van der Waals surface area contributed by atoms with E-state index in [4.69, 9.17) is 44.3 Å². The molecule has 0 aromatic heterocycles. The molecule has 5 aromatic carbocycles. The molecule has 5 aromatic rings. The molecule has 276 valence electrons. The number of anilines is 2. The third-order valence-corrected chi connectivity index (χ3v) is 8.75. The average molecular weight is 786 g/mol. The van der Waals surface area contributed by atoms with Crippen LogP contribution in [0.2, 0.25) is 10.0 Å². The Morgan fingerprint density at radius 1 is 0.685 bits per heavy atom. The van der Waals surface area contributed by atoms with E-state index < -0.39 is 5.24 Å². The fourth-order valence-corrected chi connectivity index (χ4v) is 5.63. The summed E-state index contributed by atoms with van der Waals surface area (Å²) in [6.07, 6.45) is 1.51. The van der Waals surface area contributed by atoms with Crippen LogP contribution in [0.4, 0.5) is 11.4 Å². The van der Waals surface area contributed by atoms with E-state index in [0.717, 1.165) is 24.1 Å². The summed E-state index contributed by atoms with van der Waals surface area (Å²) in [6, 6.07) is 31.8. The molecule has 0 saturated carbocycles. The highest BCUT2D eigenvalue weighted by atomic mass is 35.5. The van der Waals surface area contributed by atoms with Gasteiger partial charge in [0.15, 0.2) is 11.5 Å². The molecule has 0 atom stereocenters. The molecule has 2 N–H and O–H groups in total. The highest BCUT2D eigenvalue weighted by Crippen LogP contribution is 2.30. The van der Waals surface area contributed by atoms with Crippen LogP contribution < -0.4 is 20.1 Å². The van der Waals surface area contributed by atoms with Crippen LogP contribution in [-0.4, -0.2) is 53.9 Å². The van der Waals surface area contributed by atoms with Crippen molar-refractivity contribution in [3.05, 3.63) is 153 Å². The number of halogens is 3. The maximum atomic E-state index is 13.3. The van der Waals surface area contributed by atoms with Crippen LogP contribution in [0.5, 0.6) is 11.5 Å². The van der Waals surface area contributed by atoms with Crippen LogP contribution in [0, 0.1) is 0 Å². The molecule has 0 fully saturated rings. The summed E-state index contributed by atoms with van der Waals surface area (Å²) >= 11 is 16.6. The molecule has 1 heterocycles. The zero-order valence-electron chi connectivity index (χ0n) is 29.3. The molecule has 0 unspecified atom stereocenters. The van der Waals surface area contributed by atoms with Crippen LogP contribution >= 0.6 is 34.8 Å². The monoisotopic (exact) mass is 784 g/mol. The number of ether oxygens (including phenoxy) is 2.